The van der Waals surface area contributed by atoms with E-state index in [0.29, 0.717) is 30.5 Å². The van der Waals surface area contributed by atoms with Gasteiger partial charge in [-0.2, -0.15) is 4.98 Å². The summed E-state index contributed by atoms with van der Waals surface area (Å²) in [5.41, 5.74) is 4.74. The SMILES string of the molecule is CCc1cccc(C)c1-n1cnc(NCCOCCc2ccccc2)nc1=S. The van der Waals surface area contributed by atoms with E-state index in [9.17, 15) is 0 Å². The van der Waals surface area contributed by atoms with Crippen molar-refractivity contribution in [3.05, 3.63) is 76.3 Å². The van der Waals surface area contributed by atoms with Crippen LogP contribution in [0.15, 0.2) is 54.9 Å². The number of anilines is 1. The van der Waals surface area contributed by atoms with Crippen LogP contribution in [0.1, 0.15) is 23.6 Å². The first-order valence-electron chi connectivity index (χ1n) is 9.59. The van der Waals surface area contributed by atoms with Gasteiger partial charge >= 0.3 is 0 Å². The summed E-state index contributed by atoms with van der Waals surface area (Å²) in [7, 11) is 0. The molecule has 1 aromatic heterocycles. The average Bonchev–Trinajstić information content (AvgIpc) is 2.72. The lowest BCUT2D eigenvalue weighted by molar-refractivity contribution is 0.147. The second kappa shape index (κ2) is 10.1. The molecule has 0 unspecified atom stereocenters. The fourth-order valence-electron chi connectivity index (χ4n) is 3.10. The monoisotopic (exact) mass is 394 g/mol. The molecule has 0 aliphatic carbocycles. The topological polar surface area (TPSA) is 52.0 Å². The third-order valence-corrected chi connectivity index (χ3v) is 4.84. The Labute approximate surface area is 171 Å². The van der Waals surface area contributed by atoms with Crippen molar-refractivity contribution in [1.29, 1.82) is 0 Å². The summed E-state index contributed by atoms with van der Waals surface area (Å²) in [6.45, 7) is 6.14. The van der Waals surface area contributed by atoms with Crippen molar-refractivity contribution >= 4 is 18.2 Å². The van der Waals surface area contributed by atoms with Gasteiger partial charge in [0, 0.05) is 6.54 Å². The molecule has 0 radical (unpaired) electrons. The maximum Gasteiger partial charge on any atom is 0.226 e. The summed E-state index contributed by atoms with van der Waals surface area (Å²) in [5.74, 6) is 0.527. The van der Waals surface area contributed by atoms with Gasteiger partial charge in [0.15, 0.2) is 0 Å². The van der Waals surface area contributed by atoms with Gasteiger partial charge in [-0.1, -0.05) is 55.5 Å². The summed E-state index contributed by atoms with van der Waals surface area (Å²) in [5, 5.41) is 3.18. The lowest BCUT2D eigenvalue weighted by atomic mass is 10.1. The zero-order valence-corrected chi connectivity index (χ0v) is 17.2. The molecule has 0 saturated carbocycles. The second-order valence-corrected chi connectivity index (χ2v) is 6.91. The summed E-state index contributed by atoms with van der Waals surface area (Å²) in [4.78, 5) is 8.85. The minimum Gasteiger partial charge on any atom is -0.379 e. The maximum absolute atomic E-state index is 5.68. The Morgan fingerprint density at radius 2 is 1.89 bits per heavy atom. The summed E-state index contributed by atoms with van der Waals surface area (Å²) >= 11 is 5.50. The van der Waals surface area contributed by atoms with Crippen LogP contribution in [0.5, 0.6) is 0 Å². The van der Waals surface area contributed by atoms with Gasteiger partial charge in [0.05, 0.1) is 18.9 Å². The van der Waals surface area contributed by atoms with Crippen LogP contribution in [-0.2, 0) is 17.6 Å². The van der Waals surface area contributed by atoms with Crippen molar-refractivity contribution in [3.63, 3.8) is 0 Å². The molecule has 0 aliphatic rings. The number of nitrogens with zero attached hydrogens (tertiary/aromatic N) is 3. The van der Waals surface area contributed by atoms with E-state index < -0.39 is 0 Å². The van der Waals surface area contributed by atoms with E-state index in [0.717, 1.165) is 24.1 Å². The van der Waals surface area contributed by atoms with E-state index in [-0.39, 0.29) is 0 Å². The number of nitrogens with one attached hydrogen (secondary N) is 1. The van der Waals surface area contributed by atoms with Gasteiger partial charge in [-0.05, 0) is 48.7 Å². The zero-order valence-electron chi connectivity index (χ0n) is 16.4. The predicted molar refractivity (Wildman–Crippen MR) is 116 cm³/mol. The molecular formula is C22H26N4OS. The quantitative estimate of drug-likeness (QED) is 0.427. The van der Waals surface area contributed by atoms with Crippen molar-refractivity contribution in [2.24, 2.45) is 0 Å². The number of hydrogen-bond acceptors (Lipinski definition) is 5. The highest BCUT2D eigenvalue weighted by atomic mass is 32.1. The molecule has 0 atom stereocenters. The molecule has 28 heavy (non-hydrogen) atoms. The Morgan fingerprint density at radius 1 is 1.07 bits per heavy atom. The maximum atomic E-state index is 5.68. The fourth-order valence-corrected chi connectivity index (χ4v) is 3.32. The molecule has 0 fully saturated rings. The van der Waals surface area contributed by atoms with Gasteiger partial charge < -0.3 is 10.1 Å². The fraction of sp³-hybridized carbons (Fsp3) is 0.318. The molecule has 1 heterocycles. The van der Waals surface area contributed by atoms with Crippen LogP contribution in [0.25, 0.3) is 5.69 Å². The lowest BCUT2D eigenvalue weighted by Gasteiger charge is -2.14. The third kappa shape index (κ3) is 5.24. The molecule has 5 nitrogen and oxygen atoms in total. The smallest absolute Gasteiger partial charge is 0.226 e. The molecule has 0 aliphatic heterocycles. The molecule has 3 aromatic rings. The van der Waals surface area contributed by atoms with Gasteiger partial charge in [-0.3, -0.25) is 4.57 Å². The van der Waals surface area contributed by atoms with Crippen molar-refractivity contribution in [3.8, 4) is 5.69 Å². The molecule has 1 N–H and O–H groups in total. The van der Waals surface area contributed by atoms with Crippen molar-refractivity contribution in [2.45, 2.75) is 26.7 Å². The lowest BCUT2D eigenvalue weighted by Crippen LogP contribution is -2.14. The van der Waals surface area contributed by atoms with Gasteiger partial charge in [0.2, 0.25) is 10.7 Å². The van der Waals surface area contributed by atoms with Crippen molar-refractivity contribution < 1.29 is 4.74 Å². The highest BCUT2D eigenvalue weighted by molar-refractivity contribution is 7.71. The van der Waals surface area contributed by atoms with Gasteiger partial charge in [0.25, 0.3) is 0 Å². The minimum atomic E-state index is 0.492. The molecule has 0 bridgehead atoms. The van der Waals surface area contributed by atoms with Crippen LogP contribution in [0.2, 0.25) is 0 Å². The normalized spacial score (nSPS) is 10.8. The Morgan fingerprint density at radius 3 is 2.64 bits per heavy atom. The van der Waals surface area contributed by atoms with E-state index in [2.05, 4.69) is 59.5 Å². The first-order valence-corrected chi connectivity index (χ1v) is 10.00. The van der Waals surface area contributed by atoms with Gasteiger partial charge in [-0.25, -0.2) is 4.98 Å². The zero-order chi connectivity index (χ0) is 19.8. The van der Waals surface area contributed by atoms with Crippen molar-refractivity contribution in [2.75, 3.05) is 25.1 Å². The summed E-state index contributed by atoms with van der Waals surface area (Å²) in [6, 6.07) is 16.6. The molecule has 0 saturated heterocycles. The van der Waals surface area contributed by atoms with E-state index in [1.807, 2.05) is 22.8 Å². The molecule has 6 heteroatoms. The van der Waals surface area contributed by atoms with E-state index in [1.165, 1.54) is 11.1 Å². The van der Waals surface area contributed by atoms with Crippen LogP contribution in [-0.4, -0.2) is 34.3 Å². The highest BCUT2D eigenvalue weighted by Crippen LogP contribution is 2.20. The van der Waals surface area contributed by atoms with Crippen LogP contribution in [0, 0.1) is 11.7 Å². The van der Waals surface area contributed by atoms with Gasteiger partial charge in [0.1, 0.15) is 6.33 Å². The second-order valence-electron chi connectivity index (χ2n) is 6.54. The van der Waals surface area contributed by atoms with Crippen LogP contribution in [0.3, 0.4) is 0 Å². The van der Waals surface area contributed by atoms with E-state index >= 15 is 0 Å². The predicted octanol–water partition coefficient (Wildman–Crippen LogP) is 4.54. The molecule has 146 valence electrons. The molecule has 0 amide bonds. The third-order valence-electron chi connectivity index (χ3n) is 4.55. The minimum absolute atomic E-state index is 0.492. The van der Waals surface area contributed by atoms with E-state index in [4.69, 9.17) is 17.0 Å². The first-order chi connectivity index (χ1) is 13.7. The average molecular weight is 395 g/mol. The Kier molecular flexibility index (Phi) is 7.28. The molecule has 2 aromatic carbocycles. The highest BCUT2D eigenvalue weighted by Gasteiger charge is 2.08. The van der Waals surface area contributed by atoms with Crippen molar-refractivity contribution in [1.82, 2.24) is 14.5 Å². The number of hydrogen-bond donors (Lipinski definition) is 1. The Balaban J connectivity index is 1.53. The Hall–Kier alpha value is -2.57. The van der Waals surface area contributed by atoms with E-state index in [1.54, 1.807) is 6.33 Å². The number of ether oxygens (including phenoxy) is 1. The summed E-state index contributed by atoms with van der Waals surface area (Å²) < 4.78 is 8.05. The number of para-hydroxylation sites is 1. The van der Waals surface area contributed by atoms with Crippen LogP contribution >= 0.6 is 12.2 Å². The van der Waals surface area contributed by atoms with Crippen LogP contribution in [0.4, 0.5) is 5.95 Å². The number of aryl methyl sites for hydroxylation is 2. The molecular weight excluding hydrogens is 368 g/mol. The number of benzene rings is 2. The largest absolute Gasteiger partial charge is 0.379 e. The Bertz CT molecular complexity index is 956. The standard InChI is InChI=1S/C22H26N4OS/c1-3-19-11-7-8-17(2)20(19)26-16-24-21(25-22(26)28)23-13-15-27-14-12-18-9-5-4-6-10-18/h4-11,16H,3,12-15H2,1-2H3,(H,23,25,28). The first kappa shape index (κ1) is 20.2. The van der Waals surface area contributed by atoms with Crippen LogP contribution < -0.4 is 5.32 Å². The molecule has 0 spiro atoms. The number of aromatic nitrogens is 3. The summed E-state index contributed by atoms with van der Waals surface area (Å²) in [6.07, 6.45) is 3.59. The van der Waals surface area contributed by atoms with Gasteiger partial charge in [-0.15, -0.1) is 0 Å². The number of rotatable bonds is 9. The molecule has 3 rings (SSSR count).